The van der Waals surface area contributed by atoms with Gasteiger partial charge in [-0.1, -0.05) is 0 Å². The van der Waals surface area contributed by atoms with Gasteiger partial charge in [0.25, 0.3) is 0 Å². The number of hydrogen-bond donors (Lipinski definition) is 3. The Labute approximate surface area is 214 Å². The molecule has 0 spiro atoms. The molecular formula is C26H24F3N7O2. The molecule has 1 amide bonds. The van der Waals surface area contributed by atoms with E-state index in [2.05, 4.69) is 30.9 Å². The number of carbonyl (C=O) groups excluding carboxylic acids is 1. The molecule has 196 valence electrons. The van der Waals surface area contributed by atoms with Gasteiger partial charge in [0, 0.05) is 47.2 Å². The minimum Gasteiger partial charge on any atom is -0.443 e. The molecule has 3 atom stereocenters. The van der Waals surface area contributed by atoms with Gasteiger partial charge in [0.05, 0.1) is 5.69 Å². The molecule has 0 aliphatic heterocycles. The van der Waals surface area contributed by atoms with Gasteiger partial charge in [0.1, 0.15) is 29.4 Å². The number of alkyl halides is 1. The summed E-state index contributed by atoms with van der Waals surface area (Å²) in [5, 5.41) is 17.7. The fourth-order valence-corrected chi connectivity index (χ4v) is 5.93. The molecule has 2 bridgehead atoms. The summed E-state index contributed by atoms with van der Waals surface area (Å²) < 4.78 is 49.1. The van der Waals surface area contributed by atoms with Gasteiger partial charge in [-0.2, -0.15) is 10.2 Å². The first-order chi connectivity index (χ1) is 18.3. The molecule has 3 heterocycles. The second kappa shape index (κ2) is 8.47. The van der Waals surface area contributed by atoms with Crippen molar-refractivity contribution in [2.75, 3.05) is 5.32 Å². The molecule has 0 unspecified atom stereocenters. The zero-order chi connectivity index (χ0) is 26.0. The van der Waals surface area contributed by atoms with Gasteiger partial charge in [-0.15, -0.1) is 0 Å². The summed E-state index contributed by atoms with van der Waals surface area (Å²) in [5.41, 5.74) is 1.86. The Hall–Kier alpha value is -4.09. The first-order valence-corrected chi connectivity index (χ1v) is 12.6. The monoisotopic (exact) mass is 523 g/mol. The second-order valence-electron chi connectivity index (χ2n) is 10.6. The van der Waals surface area contributed by atoms with Crippen LogP contribution in [0.3, 0.4) is 0 Å². The molecule has 4 aromatic rings. The smallest absolute Gasteiger partial charge is 0.407 e. The molecule has 4 aliphatic rings. The lowest BCUT2D eigenvalue weighted by Gasteiger charge is -2.61. The van der Waals surface area contributed by atoms with E-state index in [1.165, 1.54) is 18.3 Å². The van der Waals surface area contributed by atoms with Crippen LogP contribution in [0.5, 0.6) is 0 Å². The summed E-state index contributed by atoms with van der Waals surface area (Å²) in [7, 11) is 0. The molecule has 4 fully saturated rings. The number of hydrogen-bond acceptors (Lipinski definition) is 6. The van der Waals surface area contributed by atoms with Crippen molar-refractivity contribution in [3.63, 3.8) is 0 Å². The number of alkyl carbamates (subject to hydrolysis) is 1. The summed E-state index contributed by atoms with van der Waals surface area (Å²) in [6, 6.07) is 6.66. The number of aromatic nitrogens is 5. The first kappa shape index (κ1) is 23.1. The Bertz CT molecular complexity index is 1520. The predicted octanol–water partition coefficient (Wildman–Crippen LogP) is 5.00. The molecule has 4 saturated carbocycles. The highest BCUT2D eigenvalue weighted by atomic mass is 19.1. The third kappa shape index (κ3) is 4.04. The van der Waals surface area contributed by atoms with Crippen molar-refractivity contribution in [1.82, 2.24) is 30.1 Å². The number of H-pyrrole nitrogens is 1. The molecule has 38 heavy (non-hydrogen) atoms. The maximum atomic E-state index is 14.7. The van der Waals surface area contributed by atoms with Gasteiger partial charge in [-0.05, 0) is 56.2 Å². The zero-order valence-corrected chi connectivity index (χ0v) is 20.1. The highest BCUT2D eigenvalue weighted by Gasteiger charge is 2.58. The standard InChI is InChI=1S/C26H24F3N7O2/c27-16-3-14(4-17(28)7-16)20-8-21-24(30-1-2-36(21)35-20)31-23-9-19(33-34-23)15-5-18(29)22(6-15)38-25(37)32-26-10-13(11-26)12-26/h1-4,7-9,13,15,18,22H,5-6,10-12H2,(H,32,37)(H2,30,31,33,34)/t13?,15-,18+,22-,26?/m0/s1. The van der Waals surface area contributed by atoms with Crippen molar-refractivity contribution in [2.45, 2.75) is 55.8 Å². The van der Waals surface area contributed by atoms with Gasteiger partial charge in [-0.3, -0.25) is 5.10 Å². The molecule has 12 heteroatoms. The number of carbonyl (C=O) groups is 1. The largest absolute Gasteiger partial charge is 0.443 e. The molecular weight excluding hydrogens is 499 g/mol. The van der Waals surface area contributed by atoms with E-state index in [0.717, 1.165) is 36.9 Å². The van der Waals surface area contributed by atoms with Crippen LogP contribution in [0.2, 0.25) is 0 Å². The average Bonchev–Trinajstić information content (AvgIpc) is 3.54. The molecule has 3 aromatic heterocycles. The van der Waals surface area contributed by atoms with Crippen LogP contribution in [-0.4, -0.2) is 48.7 Å². The topological polar surface area (TPSA) is 109 Å². The van der Waals surface area contributed by atoms with Crippen LogP contribution in [0.4, 0.5) is 29.6 Å². The van der Waals surface area contributed by atoms with Gasteiger partial charge in [0.2, 0.25) is 0 Å². The Morgan fingerprint density at radius 1 is 1.11 bits per heavy atom. The molecule has 8 rings (SSSR count). The predicted molar refractivity (Wildman–Crippen MR) is 131 cm³/mol. The van der Waals surface area contributed by atoms with Crippen molar-refractivity contribution < 1.29 is 22.7 Å². The number of amides is 1. The van der Waals surface area contributed by atoms with Crippen LogP contribution < -0.4 is 10.6 Å². The molecule has 0 saturated heterocycles. The Morgan fingerprint density at radius 3 is 2.63 bits per heavy atom. The molecule has 4 aliphatic carbocycles. The van der Waals surface area contributed by atoms with Crippen LogP contribution in [-0.2, 0) is 4.74 Å². The van der Waals surface area contributed by atoms with E-state index in [0.29, 0.717) is 34.8 Å². The molecule has 3 N–H and O–H groups in total. The molecule has 1 aromatic carbocycles. The maximum absolute atomic E-state index is 14.7. The summed E-state index contributed by atoms with van der Waals surface area (Å²) in [4.78, 5) is 16.6. The summed E-state index contributed by atoms with van der Waals surface area (Å²) >= 11 is 0. The number of rotatable bonds is 6. The Morgan fingerprint density at radius 2 is 1.89 bits per heavy atom. The van der Waals surface area contributed by atoms with Crippen molar-refractivity contribution in [3.05, 3.63) is 60.1 Å². The third-order valence-corrected chi connectivity index (χ3v) is 7.93. The lowest BCUT2D eigenvalue weighted by molar-refractivity contribution is -0.0530. The zero-order valence-electron chi connectivity index (χ0n) is 20.1. The van der Waals surface area contributed by atoms with Gasteiger partial charge in [-0.25, -0.2) is 27.5 Å². The van der Waals surface area contributed by atoms with E-state index in [1.807, 2.05) is 0 Å². The Kier molecular flexibility index (Phi) is 5.14. The summed E-state index contributed by atoms with van der Waals surface area (Å²) in [6.07, 6.45) is 4.11. The van der Waals surface area contributed by atoms with Crippen LogP contribution in [0.25, 0.3) is 16.8 Å². The van der Waals surface area contributed by atoms with E-state index in [9.17, 15) is 18.0 Å². The summed E-state index contributed by atoms with van der Waals surface area (Å²) in [5.74, 6) is 0.0444. The molecule has 0 radical (unpaired) electrons. The van der Waals surface area contributed by atoms with Crippen LogP contribution in [0.1, 0.15) is 43.7 Å². The van der Waals surface area contributed by atoms with Crippen LogP contribution >= 0.6 is 0 Å². The van der Waals surface area contributed by atoms with Crippen molar-refractivity contribution in [1.29, 1.82) is 0 Å². The number of fused-ring (bicyclic) bond motifs is 1. The van der Waals surface area contributed by atoms with Gasteiger partial charge < -0.3 is 15.4 Å². The first-order valence-electron chi connectivity index (χ1n) is 12.6. The van der Waals surface area contributed by atoms with Crippen LogP contribution in [0, 0.1) is 17.6 Å². The number of aromatic amines is 1. The maximum Gasteiger partial charge on any atom is 0.407 e. The number of anilines is 2. The third-order valence-electron chi connectivity index (χ3n) is 7.93. The lowest BCUT2D eigenvalue weighted by Crippen LogP contribution is -2.68. The Balaban J connectivity index is 1.04. The van der Waals surface area contributed by atoms with E-state index >= 15 is 0 Å². The van der Waals surface area contributed by atoms with Crippen molar-refractivity contribution in [3.8, 4) is 11.3 Å². The minimum atomic E-state index is -1.26. The van der Waals surface area contributed by atoms with Crippen LogP contribution in [0.15, 0.2) is 42.7 Å². The van der Waals surface area contributed by atoms with Crippen molar-refractivity contribution in [2.24, 2.45) is 5.92 Å². The second-order valence-corrected chi connectivity index (χ2v) is 10.6. The quantitative estimate of drug-likeness (QED) is 0.328. The lowest BCUT2D eigenvalue weighted by atomic mass is 9.50. The average molecular weight is 524 g/mol. The fraction of sp³-hybridized carbons (Fsp3) is 0.385. The highest BCUT2D eigenvalue weighted by Crippen LogP contribution is 2.57. The fourth-order valence-electron chi connectivity index (χ4n) is 5.93. The van der Waals surface area contributed by atoms with E-state index in [-0.39, 0.29) is 17.9 Å². The van der Waals surface area contributed by atoms with Crippen molar-refractivity contribution >= 4 is 23.2 Å². The van der Waals surface area contributed by atoms with E-state index in [4.69, 9.17) is 4.74 Å². The number of nitrogens with one attached hydrogen (secondary N) is 3. The number of ether oxygens (including phenoxy) is 1. The molecule has 9 nitrogen and oxygen atoms in total. The van der Waals surface area contributed by atoms with Gasteiger partial charge >= 0.3 is 6.09 Å². The SMILES string of the molecule is O=C(NC12CC(C1)C2)O[C@H]1C[C@@H](c2cc(Nc3nccn4nc(-c5cc(F)cc(F)c5)cc34)n[nH]2)C[C@H]1F. The minimum absolute atomic E-state index is 0.115. The number of nitrogens with zero attached hydrogens (tertiary/aromatic N) is 4. The number of halogens is 3. The van der Waals surface area contributed by atoms with E-state index in [1.54, 1.807) is 22.8 Å². The van der Waals surface area contributed by atoms with Gasteiger partial charge in [0.15, 0.2) is 11.6 Å². The van der Waals surface area contributed by atoms with E-state index < -0.39 is 30.0 Å². The normalized spacial score (nSPS) is 27.6. The number of benzene rings is 1. The summed E-state index contributed by atoms with van der Waals surface area (Å²) in [6.45, 7) is 0. The highest BCUT2D eigenvalue weighted by molar-refractivity contribution is 5.77.